The molecule has 2 N–H and O–H groups in total. The number of carbonyl (C=O) groups is 1. The third-order valence-electron chi connectivity index (χ3n) is 4.38. The van der Waals surface area contributed by atoms with Crippen LogP contribution < -0.4 is 10.6 Å². The molecule has 1 atom stereocenters. The normalized spacial score (nSPS) is 11.9. The van der Waals surface area contributed by atoms with Crippen molar-refractivity contribution in [1.29, 1.82) is 0 Å². The zero-order valence-electron chi connectivity index (χ0n) is 16.6. The van der Waals surface area contributed by atoms with E-state index in [1.54, 1.807) is 12.5 Å². The van der Waals surface area contributed by atoms with E-state index in [1.165, 1.54) is 22.5 Å². The van der Waals surface area contributed by atoms with E-state index < -0.39 is 0 Å². The first-order chi connectivity index (χ1) is 13.5. The fourth-order valence-corrected chi connectivity index (χ4v) is 3.91. The second kappa shape index (κ2) is 8.99. The van der Waals surface area contributed by atoms with E-state index in [0.717, 1.165) is 16.8 Å². The van der Waals surface area contributed by atoms with Gasteiger partial charge in [-0.1, -0.05) is 30.3 Å². The summed E-state index contributed by atoms with van der Waals surface area (Å²) in [6, 6.07) is 14.0. The highest BCUT2D eigenvalue weighted by Gasteiger charge is 2.16. The van der Waals surface area contributed by atoms with Crippen molar-refractivity contribution in [2.24, 2.45) is 0 Å². The van der Waals surface area contributed by atoms with Crippen molar-refractivity contribution in [3.8, 4) is 0 Å². The number of carbonyl (C=O) groups excluding carboxylic acids is 1. The van der Waals surface area contributed by atoms with Crippen LogP contribution in [-0.2, 0) is 11.3 Å². The van der Waals surface area contributed by atoms with E-state index in [-0.39, 0.29) is 11.9 Å². The van der Waals surface area contributed by atoms with Gasteiger partial charge in [-0.2, -0.15) is 0 Å². The SMILES string of the molecule is COCc1ccccc1[C@H](C)NC(=O)c1csc(Nc2cc(C)cc(C)c2)n1. The molecule has 0 saturated carbocycles. The molecule has 0 fully saturated rings. The Bertz CT molecular complexity index is 948. The molecule has 1 heterocycles. The first kappa shape index (κ1) is 20.0. The molecular formula is C22H25N3O2S. The second-order valence-corrected chi connectivity index (χ2v) is 7.72. The van der Waals surface area contributed by atoms with Crippen LogP contribution in [0.2, 0.25) is 0 Å². The molecule has 146 valence electrons. The third kappa shape index (κ3) is 4.97. The van der Waals surface area contributed by atoms with Gasteiger partial charge in [-0.3, -0.25) is 4.79 Å². The van der Waals surface area contributed by atoms with Crippen LogP contribution in [0, 0.1) is 13.8 Å². The Morgan fingerprint density at radius 2 is 1.89 bits per heavy atom. The van der Waals surface area contributed by atoms with Crippen LogP contribution in [0.1, 0.15) is 45.7 Å². The summed E-state index contributed by atoms with van der Waals surface area (Å²) in [4.78, 5) is 17.1. The van der Waals surface area contributed by atoms with Crippen LogP contribution in [-0.4, -0.2) is 18.0 Å². The number of aromatic nitrogens is 1. The van der Waals surface area contributed by atoms with E-state index in [4.69, 9.17) is 4.74 Å². The highest BCUT2D eigenvalue weighted by Crippen LogP contribution is 2.24. The van der Waals surface area contributed by atoms with Crippen molar-refractivity contribution < 1.29 is 9.53 Å². The Morgan fingerprint density at radius 1 is 1.18 bits per heavy atom. The fourth-order valence-electron chi connectivity index (χ4n) is 3.20. The summed E-state index contributed by atoms with van der Waals surface area (Å²) in [5, 5.41) is 8.78. The molecule has 0 aliphatic rings. The number of benzene rings is 2. The molecule has 0 bridgehead atoms. The molecule has 0 spiro atoms. The number of thiazole rings is 1. The molecule has 0 aliphatic heterocycles. The number of nitrogens with one attached hydrogen (secondary N) is 2. The number of aryl methyl sites for hydroxylation is 2. The molecule has 0 aliphatic carbocycles. The minimum absolute atomic E-state index is 0.142. The zero-order valence-corrected chi connectivity index (χ0v) is 17.4. The Balaban J connectivity index is 1.69. The van der Waals surface area contributed by atoms with Crippen LogP contribution in [0.5, 0.6) is 0 Å². The zero-order chi connectivity index (χ0) is 20.1. The number of hydrogen-bond donors (Lipinski definition) is 2. The number of nitrogens with zero attached hydrogens (tertiary/aromatic N) is 1. The lowest BCUT2D eigenvalue weighted by atomic mass is 10.0. The second-order valence-electron chi connectivity index (χ2n) is 6.87. The van der Waals surface area contributed by atoms with Gasteiger partial charge >= 0.3 is 0 Å². The van der Waals surface area contributed by atoms with Crippen molar-refractivity contribution in [3.63, 3.8) is 0 Å². The number of methoxy groups -OCH3 is 1. The highest BCUT2D eigenvalue weighted by molar-refractivity contribution is 7.14. The topological polar surface area (TPSA) is 63.2 Å². The van der Waals surface area contributed by atoms with Gasteiger partial charge in [0.25, 0.3) is 5.91 Å². The van der Waals surface area contributed by atoms with E-state index in [9.17, 15) is 4.79 Å². The summed E-state index contributed by atoms with van der Waals surface area (Å²) in [6.45, 7) is 6.59. The number of anilines is 2. The van der Waals surface area contributed by atoms with Crippen molar-refractivity contribution in [2.45, 2.75) is 33.4 Å². The lowest BCUT2D eigenvalue weighted by molar-refractivity contribution is 0.0935. The quantitative estimate of drug-likeness (QED) is 0.581. The van der Waals surface area contributed by atoms with Crippen molar-refractivity contribution in [1.82, 2.24) is 10.3 Å². The molecule has 0 saturated heterocycles. The van der Waals surface area contributed by atoms with E-state index in [0.29, 0.717) is 17.4 Å². The van der Waals surface area contributed by atoms with Gasteiger partial charge in [0.2, 0.25) is 0 Å². The standard InChI is InChI=1S/C22H25N3O2S/c1-14-9-15(2)11-18(10-14)24-22-25-20(13-28-22)21(26)23-16(3)19-8-6-5-7-17(19)12-27-4/h5-11,13,16H,12H2,1-4H3,(H,23,26)(H,24,25)/t16-/m0/s1. The molecule has 2 aromatic carbocycles. The highest BCUT2D eigenvalue weighted by atomic mass is 32.1. The average molecular weight is 396 g/mol. The molecule has 1 amide bonds. The minimum Gasteiger partial charge on any atom is -0.380 e. The van der Waals surface area contributed by atoms with Gasteiger partial charge < -0.3 is 15.4 Å². The number of hydrogen-bond acceptors (Lipinski definition) is 5. The summed E-state index contributed by atoms with van der Waals surface area (Å²) < 4.78 is 5.25. The Morgan fingerprint density at radius 3 is 2.61 bits per heavy atom. The molecule has 3 rings (SSSR count). The van der Waals surface area contributed by atoms with Crippen LogP contribution in [0.4, 0.5) is 10.8 Å². The fraction of sp³-hybridized carbons (Fsp3) is 0.273. The minimum atomic E-state index is -0.190. The van der Waals surface area contributed by atoms with E-state index in [1.807, 2.05) is 31.2 Å². The summed E-state index contributed by atoms with van der Waals surface area (Å²) in [5.74, 6) is -0.190. The average Bonchev–Trinajstić information content (AvgIpc) is 3.10. The van der Waals surface area contributed by atoms with Gasteiger partial charge in [-0.25, -0.2) is 4.98 Å². The maximum Gasteiger partial charge on any atom is 0.271 e. The monoisotopic (exact) mass is 395 g/mol. The van der Waals surface area contributed by atoms with Gasteiger partial charge in [0.1, 0.15) is 5.69 Å². The van der Waals surface area contributed by atoms with E-state index in [2.05, 4.69) is 47.7 Å². The number of ether oxygens (including phenoxy) is 1. The molecule has 3 aromatic rings. The van der Waals surface area contributed by atoms with E-state index >= 15 is 0 Å². The van der Waals surface area contributed by atoms with Crippen LogP contribution in [0.25, 0.3) is 0 Å². The molecule has 1 aromatic heterocycles. The Kier molecular flexibility index (Phi) is 6.44. The smallest absolute Gasteiger partial charge is 0.271 e. The van der Waals surface area contributed by atoms with Crippen LogP contribution in [0.15, 0.2) is 47.8 Å². The first-order valence-corrected chi connectivity index (χ1v) is 10.0. The first-order valence-electron chi connectivity index (χ1n) is 9.14. The molecule has 5 nitrogen and oxygen atoms in total. The maximum absolute atomic E-state index is 12.6. The largest absolute Gasteiger partial charge is 0.380 e. The van der Waals surface area contributed by atoms with Crippen LogP contribution >= 0.6 is 11.3 Å². The molecule has 6 heteroatoms. The predicted octanol–water partition coefficient (Wildman–Crippen LogP) is 5.14. The molecule has 0 radical (unpaired) electrons. The lowest BCUT2D eigenvalue weighted by Gasteiger charge is -2.17. The van der Waals surface area contributed by atoms with Gasteiger partial charge in [0, 0.05) is 18.2 Å². The summed E-state index contributed by atoms with van der Waals surface area (Å²) in [6.07, 6.45) is 0. The van der Waals surface area contributed by atoms with Gasteiger partial charge in [-0.15, -0.1) is 11.3 Å². The Hall–Kier alpha value is -2.70. The molecule has 0 unspecified atom stereocenters. The van der Waals surface area contributed by atoms with Crippen molar-refractivity contribution >= 4 is 28.1 Å². The molecule has 28 heavy (non-hydrogen) atoms. The molecular weight excluding hydrogens is 370 g/mol. The van der Waals surface area contributed by atoms with Crippen molar-refractivity contribution in [2.75, 3.05) is 12.4 Å². The summed E-state index contributed by atoms with van der Waals surface area (Å²) in [5.41, 5.74) is 5.85. The van der Waals surface area contributed by atoms with Crippen LogP contribution in [0.3, 0.4) is 0 Å². The number of amides is 1. The predicted molar refractivity (Wildman–Crippen MR) is 114 cm³/mol. The van der Waals surface area contributed by atoms with Gasteiger partial charge in [0.15, 0.2) is 5.13 Å². The lowest BCUT2D eigenvalue weighted by Crippen LogP contribution is -2.27. The third-order valence-corrected chi connectivity index (χ3v) is 5.14. The maximum atomic E-state index is 12.6. The number of rotatable bonds is 7. The van der Waals surface area contributed by atoms with Crippen molar-refractivity contribution in [3.05, 3.63) is 75.8 Å². The summed E-state index contributed by atoms with van der Waals surface area (Å²) >= 11 is 1.42. The Labute approximate surface area is 169 Å². The van der Waals surface area contributed by atoms with Gasteiger partial charge in [-0.05, 0) is 55.2 Å². The summed E-state index contributed by atoms with van der Waals surface area (Å²) in [7, 11) is 1.67. The van der Waals surface area contributed by atoms with Gasteiger partial charge in [0.05, 0.1) is 12.6 Å².